The molecule has 2 unspecified atom stereocenters. The van der Waals surface area contributed by atoms with Gasteiger partial charge in [-0.15, -0.1) is 0 Å². The fourth-order valence-electron chi connectivity index (χ4n) is 3.44. The lowest BCUT2D eigenvalue weighted by atomic mass is 9.97. The minimum atomic E-state index is 0.599. The Morgan fingerprint density at radius 3 is 3.05 bits per heavy atom. The van der Waals surface area contributed by atoms with E-state index in [4.69, 9.17) is 0 Å². The van der Waals surface area contributed by atoms with Crippen LogP contribution in [-0.2, 0) is 0 Å². The maximum atomic E-state index is 4.46. The third-order valence-electron chi connectivity index (χ3n) is 4.39. The Morgan fingerprint density at radius 1 is 1.32 bits per heavy atom. The van der Waals surface area contributed by atoms with Gasteiger partial charge < -0.3 is 15.1 Å². The molecule has 19 heavy (non-hydrogen) atoms. The van der Waals surface area contributed by atoms with Crippen molar-refractivity contribution in [1.29, 1.82) is 0 Å². The molecule has 1 aromatic rings. The van der Waals surface area contributed by atoms with Crippen LogP contribution < -0.4 is 10.2 Å². The number of hydrogen-bond donors (Lipinski definition) is 1. The molecule has 1 N–H and O–H groups in total. The highest BCUT2D eigenvalue weighted by Gasteiger charge is 2.31. The van der Waals surface area contributed by atoms with E-state index in [1.807, 2.05) is 26.4 Å². The molecule has 2 fully saturated rings. The summed E-state index contributed by atoms with van der Waals surface area (Å²) in [6, 6.07) is 5.57. The van der Waals surface area contributed by atoms with E-state index in [2.05, 4.69) is 26.2 Å². The predicted molar refractivity (Wildman–Crippen MR) is 79.8 cm³/mol. The van der Waals surface area contributed by atoms with Crippen LogP contribution in [0.5, 0.6) is 0 Å². The van der Waals surface area contributed by atoms with E-state index < -0.39 is 0 Å². The largest absolute Gasteiger partial charge is 0.379 e. The molecule has 4 nitrogen and oxygen atoms in total. The first-order valence-corrected chi connectivity index (χ1v) is 7.37. The van der Waals surface area contributed by atoms with Gasteiger partial charge in [0, 0.05) is 38.9 Å². The lowest BCUT2D eigenvalue weighted by Crippen LogP contribution is -2.42. The van der Waals surface area contributed by atoms with Crippen LogP contribution in [-0.4, -0.2) is 49.2 Å². The van der Waals surface area contributed by atoms with Gasteiger partial charge in [-0.05, 0) is 44.4 Å². The molecule has 2 saturated heterocycles. The Morgan fingerprint density at radius 2 is 2.21 bits per heavy atom. The second kappa shape index (κ2) is 5.37. The normalized spacial score (nSPS) is 27.1. The minimum Gasteiger partial charge on any atom is -0.379 e. The van der Waals surface area contributed by atoms with Crippen LogP contribution in [0, 0.1) is 0 Å². The molecule has 2 aliphatic heterocycles. The molecule has 2 atom stereocenters. The van der Waals surface area contributed by atoms with Gasteiger partial charge in [-0.1, -0.05) is 0 Å². The van der Waals surface area contributed by atoms with Gasteiger partial charge in [0.05, 0.1) is 5.69 Å². The lowest BCUT2D eigenvalue weighted by Gasteiger charge is -2.36. The molecule has 0 bridgehead atoms. The van der Waals surface area contributed by atoms with E-state index in [9.17, 15) is 0 Å². The molecular weight excluding hydrogens is 236 g/mol. The Hall–Kier alpha value is -1.29. The van der Waals surface area contributed by atoms with Crippen molar-refractivity contribution in [1.82, 2.24) is 9.88 Å². The second-order valence-electron chi connectivity index (χ2n) is 5.97. The summed E-state index contributed by atoms with van der Waals surface area (Å²) in [6.45, 7) is 2.56. The zero-order valence-corrected chi connectivity index (χ0v) is 12.0. The summed E-state index contributed by atoms with van der Waals surface area (Å²) in [7, 11) is 4.10. The molecule has 0 radical (unpaired) electrons. The van der Waals surface area contributed by atoms with E-state index in [1.54, 1.807) is 0 Å². The van der Waals surface area contributed by atoms with Gasteiger partial charge in [-0.25, -0.2) is 4.98 Å². The van der Waals surface area contributed by atoms with Crippen LogP contribution in [0.4, 0.5) is 11.5 Å². The number of anilines is 2. The van der Waals surface area contributed by atoms with Gasteiger partial charge >= 0.3 is 0 Å². The van der Waals surface area contributed by atoms with Gasteiger partial charge in [0.25, 0.3) is 0 Å². The fourth-order valence-corrected chi connectivity index (χ4v) is 3.44. The maximum Gasteiger partial charge on any atom is 0.151 e. The molecule has 0 spiro atoms. The first-order valence-electron chi connectivity index (χ1n) is 7.37. The summed E-state index contributed by atoms with van der Waals surface area (Å²) in [6.07, 6.45) is 7.15. The number of nitrogens with one attached hydrogen (secondary N) is 1. The van der Waals surface area contributed by atoms with Gasteiger partial charge in [0.1, 0.15) is 0 Å². The van der Waals surface area contributed by atoms with E-state index in [0.717, 1.165) is 11.9 Å². The molecule has 2 aliphatic rings. The molecule has 0 aromatic carbocycles. The van der Waals surface area contributed by atoms with Crippen molar-refractivity contribution in [2.24, 2.45) is 0 Å². The molecular formula is C15H24N4. The summed E-state index contributed by atoms with van der Waals surface area (Å²) in [5.41, 5.74) is 1.17. The highest BCUT2D eigenvalue weighted by atomic mass is 15.2. The highest BCUT2D eigenvalue weighted by Crippen LogP contribution is 2.30. The fraction of sp³-hybridized carbons (Fsp3) is 0.667. The van der Waals surface area contributed by atoms with Crippen molar-refractivity contribution in [3.8, 4) is 0 Å². The van der Waals surface area contributed by atoms with Crippen LogP contribution in [0.15, 0.2) is 18.3 Å². The summed E-state index contributed by atoms with van der Waals surface area (Å²) < 4.78 is 0. The zero-order chi connectivity index (χ0) is 13.2. The third-order valence-corrected chi connectivity index (χ3v) is 4.39. The van der Waals surface area contributed by atoms with Crippen molar-refractivity contribution in [3.05, 3.63) is 18.3 Å². The smallest absolute Gasteiger partial charge is 0.151 e. The Balaban J connectivity index is 1.68. The lowest BCUT2D eigenvalue weighted by molar-refractivity contribution is 0.188. The molecule has 4 heteroatoms. The molecule has 0 amide bonds. The topological polar surface area (TPSA) is 31.4 Å². The summed E-state index contributed by atoms with van der Waals surface area (Å²) in [4.78, 5) is 9.20. The Labute approximate surface area is 115 Å². The van der Waals surface area contributed by atoms with Crippen LogP contribution in [0.3, 0.4) is 0 Å². The summed E-state index contributed by atoms with van der Waals surface area (Å²) in [5.74, 6) is 1.04. The third kappa shape index (κ3) is 2.68. The molecule has 0 aliphatic carbocycles. The van der Waals surface area contributed by atoms with Gasteiger partial charge in [0.15, 0.2) is 5.82 Å². The molecule has 3 rings (SSSR count). The van der Waals surface area contributed by atoms with Crippen molar-refractivity contribution in [2.75, 3.05) is 37.4 Å². The van der Waals surface area contributed by atoms with Gasteiger partial charge in [0.2, 0.25) is 0 Å². The number of piperidine rings is 1. The first kappa shape index (κ1) is 12.7. The van der Waals surface area contributed by atoms with Gasteiger partial charge in [-0.2, -0.15) is 0 Å². The number of pyridine rings is 1. The van der Waals surface area contributed by atoms with Crippen molar-refractivity contribution < 1.29 is 0 Å². The SMILES string of the molecule is CN(C)c1ncccc1NC1CCN2CCCC2C1. The average molecular weight is 260 g/mol. The van der Waals surface area contributed by atoms with E-state index >= 15 is 0 Å². The number of nitrogens with zero attached hydrogens (tertiary/aromatic N) is 3. The first-order chi connectivity index (χ1) is 9.24. The average Bonchev–Trinajstić information content (AvgIpc) is 2.86. The number of hydrogen-bond acceptors (Lipinski definition) is 4. The number of fused-ring (bicyclic) bond motifs is 1. The molecule has 104 valence electrons. The van der Waals surface area contributed by atoms with Crippen LogP contribution >= 0.6 is 0 Å². The van der Waals surface area contributed by atoms with Crippen molar-refractivity contribution >= 4 is 11.5 Å². The Bertz CT molecular complexity index is 432. The second-order valence-corrected chi connectivity index (χ2v) is 5.97. The van der Waals surface area contributed by atoms with Crippen LogP contribution in [0.25, 0.3) is 0 Å². The quantitative estimate of drug-likeness (QED) is 0.902. The summed E-state index contributed by atoms with van der Waals surface area (Å²) >= 11 is 0. The standard InChI is InChI=1S/C15H24N4/c1-18(2)15-14(6-3-8-16-15)17-12-7-10-19-9-4-5-13(19)11-12/h3,6,8,12-13,17H,4-5,7,9-11H2,1-2H3. The highest BCUT2D eigenvalue weighted by molar-refractivity contribution is 5.65. The predicted octanol–water partition coefficient (Wildman–Crippen LogP) is 2.19. The molecule has 1 aromatic heterocycles. The van der Waals surface area contributed by atoms with Crippen LogP contribution in [0.2, 0.25) is 0 Å². The van der Waals surface area contributed by atoms with Gasteiger partial charge in [-0.3, -0.25) is 0 Å². The molecule has 3 heterocycles. The van der Waals surface area contributed by atoms with Crippen LogP contribution in [0.1, 0.15) is 25.7 Å². The number of rotatable bonds is 3. The van der Waals surface area contributed by atoms with E-state index in [0.29, 0.717) is 6.04 Å². The number of aromatic nitrogens is 1. The molecule has 0 saturated carbocycles. The van der Waals surface area contributed by atoms with Crippen molar-refractivity contribution in [3.63, 3.8) is 0 Å². The zero-order valence-electron chi connectivity index (χ0n) is 12.0. The summed E-state index contributed by atoms with van der Waals surface area (Å²) in [5, 5.41) is 3.71. The monoisotopic (exact) mass is 260 g/mol. The minimum absolute atomic E-state index is 0.599. The van der Waals surface area contributed by atoms with E-state index in [1.165, 1.54) is 44.5 Å². The Kier molecular flexibility index (Phi) is 3.60. The van der Waals surface area contributed by atoms with Crippen molar-refractivity contribution in [2.45, 2.75) is 37.8 Å². The maximum absolute atomic E-state index is 4.46. The van der Waals surface area contributed by atoms with E-state index in [-0.39, 0.29) is 0 Å².